The van der Waals surface area contributed by atoms with Gasteiger partial charge in [-0.3, -0.25) is 4.79 Å². The Morgan fingerprint density at radius 1 is 0.893 bits per heavy atom. The van der Waals surface area contributed by atoms with Gasteiger partial charge in [-0.1, -0.05) is 6.92 Å². The molecule has 1 aromatic carbocycles. The second-order valence-electron chi connectivity index (χ2n) is 7.39. The van der Waals surface area contributed by atoms with E-state index in [1.807, 2.05) is 18.2 Å². The summed E-state index contributed by atoms with van der Waals surface area (Å²) in [6.45, 7) is 9.44. The molecular formula is C21H28N6O. The number of anilines is 3. The molecule has 148 valence electrons. The molecule has 1 N–H and O–H groups in total. The van der Waals surface area contributed by atoms with Gasteiger partial charge in [-0.2, -0.15) is 0 Å². The van der Waals surface area contributed by atoms with Gasteiger partial charge in [0.25, 0.3) is 5.91 Å². The molecule has 0 aliphatic carbocycles. The monoisotopic (exact) mass is 380 g/mol. The summed E-state index contributed by atoms with van der Waals surface area (Å²) in [5.41, 5.74) is 2.32. The predicted molar refractivity (Wildman–Crippen MR) is 112 cm³/mol. The zero-order valence-electron chi connectivity index (χ0n) is 16.5. The number of hydrogen-bond acceptors (Lipinski definition) is 6. The van der Waals surface area contributed by atoms with Gasteiger partial charge in [0, 0.05) is 50.6 Å². The SMILES string of the molecule is CCN1CCN(c2ccc(C(=O)Nc3ccc(N4CCCC4)cc3)nn2)CC1. The van der Waals surface area contributed by atoms with Crippen molar-refractivity contribution >= 4 is 23.1 Å². The molecule has 2 aromatic rings. The Bertz CT molecular complexity index is 778. The Kier molecular flexibility index (Phi) is 5.71. The molecule has 1 aromatic heterocycles. The highest BCUT2D eigenvalue weighted by Crippen LogP contribution is 2.22. The maximum atomic E-state index is 12.5. The summed E-state index contributed by atoms with van der Waals surface area (Å²) in [5, 5.41) is 11.3. The average Bonchev–Trinajstić information content (AvgIpc) is 3.29. The minimum Gasteiger partial charge on any atom is -0.372 e. The lowest BCUT2D eigenvalue weighted by Crippen LogP contribution is -2.46. The van der Waals surface area contributed by atoms with E-state index in [0.717, 1.165) is 57.3 Å². The van der Waals surface area contributed by atoms with Crippen LogP contribution in [-0.4, -0.2) is 66.8 Å². The molecule has 2 aliphatic heterocycles. The molecule has 0 atom stereocenters. The van der Waals surface area contributed by atoms with Crippen LogP contribution in [0.5, 0.6) is 0 Å². The third-order valence-corrected chi connectivity index (χ3v) is 5.62. The van der Waals surface area contributed by atoms with Gasteiger partial charge in [-0.05, 0) is 55.8 Å². The fraction of sp³-hybridized carbons (Fsp3) is 0.476. The molecule has 4 rings (SSSR count). The van der Waals surface area contributed by atoms with E-state index < -0.39 is 0 Å². The molecule has 1 amide bonds. The van der Waals surface area contributed by atoms with Crippen LogP contribution in [0.1, 0.15) is 30.3 Å². The Labute approximate surface area is 166 Å². The molecule has 2 aliphatic rings. The topological polar surface area (TPSA) is 64.6 Å². The third kappa shape index (κ3) is 4.25. The van der Waals surface area contributed by atoms with Crippen molar-refractivity contribution in [3.8, 4) is 0 Å². The number of nitrogens with zero attached hydrogens (tertiary/aromatic N) is 5. The van der Waals surface area contributed by atoms with Crippen molar-refractivity contribution in [2.24, 2.45) is 0 Å². The number of aromatic nitrogens is 2. The summed E-state index contributed by atoms with van der Waals surface area (Å²) < 4.78 is 0. The van der Waals surface area contributed by atoms with Crippen molar-refractivity contribution in [2.75, 3.05) is 60.9 Å². The van der Waals surface area contributed by atoms with Crippen LogP contribution in [0.25, 0.3) is 0 Å². The molecule has 0 unspecified atom stereocenters. The minimum atomic E-state index is -0.233. The number of carbonyl (C=O) groups excluding carboxylic acids is 1. The highest BCUT2D eigenvalue weighted by atomic mass is 16.1. The van der Waals surface area contributed by atoms with Crippen LogP contribution in [0.2, 0.25) is 0 Å². The molecule has 3 heterocycles. The number of piperazine rings is 1. The Hall–Kier alpha value is -2.67. The largest absolute Gasteiger partial charge is 0.372 e. The van der Waals surface area contributed by atoms with Gasteiger partial charge in [0.1, 0.15) is 0 Å². The van der Waals surface area contributed by atoms with Crippen LogP contribution in [0.15, 0.2) is 36.4 Å². The van der Waals surface area contributed by atoms with E-state index in [1.54, 1.807) is 6.07 Å². The van der Waals surface area contributed by atoms with Crippen molar-refractivity contribution in [1.82, 2.24) is 15.1 Å². The number of rotatable bonds is 5. The van der Waals surface area contributed by atoms with Crippen LogP contribution in [0.3, 0.4) is 0 Å². The molecule has 2 saturated heterocycles. The van der Waals surface area contributed by atoms with E-state index in [-0.39, 0.29) is 5.91 Å². The van der Waals surface area contributed by atoms with Gasteiger partial charge >= 0.3 is 0 Å². The van der Waals surface area contributed by atoms with E-state index in [0.29, 0.717) is 5.69 Å². The lowest BCUT2D eigenvalue weighted by atomic mass is 10.2. The average molecular weight is 380 g/mol. The predicted octanol–water partition coefficient (Wildman–Crippen LogP) is 2.47. The van der Waals surface area contributed by atoms with Crippen LogP contribution in [-0.2, 0) is 0 Å². The van der Waals surface area contributed by atoms with E-state index in [1.165, 1.54) is 18.5 Å². The second kappa shape index (κ2) is 8.56. The molecule has 0 bridgehead atoms. The zero-order valence-corrected chi connectivity index (χ0v) is 16.5. The van der Waals surface area contributed by atoms with Crippen LogP contribution < -0.4 is 15.1 Å². The normalized spacial score (nSPS) is 17.8. The van der Waals surface area contributed by atoms with Gasteiger partial charge < -0.3 is 20.0 Å². The van der Waals surface area contributed by atoms with Crippen molar-refractivity contribution < 1.29 is 4.79 Å². The fourth-order valence-corrected chi connectivity index (χ4v) is 3.83. The van der Waals surface area contributed by atoms with Crippen LogP contribution in [0.4, 0.5) is 17.2 Å². The summed E-state index contributed by atoms with van der Waals surface area (Å²) in [6, 6.07) is 11.7. The minimum absolute atomic E-state index is 0.233. The molecule has 0 radical (unpaired) electrons. The second-order valence-corrected chi connectivity index (χ2v) is 7.39. The number of amides is 1. The number of carbonyl (C=O) groups is 1. The Morgan fingerprint density at radius 2 is 1.61 bits per heavy atom. The lowest BCUT2D eigenvalue weighted by molar-refractivity contribution is 0.102. The molecule has 7 heteroatoms. The first kappa shape index (κ1) is 18.7. The Morgan fingerprint density at radius 3 is 2.21 bits per heavy atom. The number of likely N-dealkylation sites (N-methyl/N-ethyl adjacent to an activating group) is 1. The number of hydrogen-bond donors (Lipinski definition) is 1. The fourth-order valence-electron chi connectivity index (χ4n) is 3.83. The lowest BCUT2D eigenvalue weighted by Gasteiger charge is -2.34. The van der Waals surface area contributed by atoms with Gasteiger partial charge in [0.05, 0.1) is 0 Å². The van der Waals surface area contributed by atoms with Crippen LogP contribution >= 0.6 is 0 Å². The Balaban J connectivity index is 1.34. The van der Waals surface area contributed by atoms with E-state index in [4.69, 9.17) is 0 Å². The molecule has 28 heavy (non-hydrogen) atoms. The van der Waals surface area contributed by atoms with Crippen molar-refractivity contribution in [1.29, 1.82) is 0 Å². The first-order valence-electron chi connectivity index (χ1n) is 10.2. The van der Waals surface area contributed by atoms with Crippen molar-refractivity contribution in [3.05, 3.63) is 42.1 Å². The van der Waals surface area contributed by atoms with Crippen molar-refractivity contribution in [2.45, 2.75) is 19.8 Å². The van der Waals surface area contributed by atoms with Crippen LogP contribution in [0, 0.1) is 0 Å². The molecule has 7 nitrogen and oxygen atoms in total. The van der Waals surface area contributed by atoms with Gasteiger partial charge in [-0.15, -0.1) is 10.2 Å². The quantitative estimate of drug-likeness (QED) is 0.860. The number of benzene rings is 1. The summed E-state index contributed by atoms with van der Waals surface area (Å²) in [7, 11) is 0. The number of nitrogens with one attached hydrogen (secondary N) is 1. The van der Waals surface area contributed by atoms with Gasteiger partial charge in [0.2, 0.25) is 0 Å². The first-order chi connectivity index (χ1) is 13.7. The van der Waals surface area contributed by atoms with E-state index >= 15 is 0 Å². The smallest absolute Gasteiger partial charge is 0.276 e. The molecule has 0 spiro atoms. The summed E-state index contributed by atoms with van der Waals surface area (Å²) in [4.78, 5) is 19.5. The summed E-state index contributed by atoms with van der Waals surface area (Å²) in [5.74, 6) is 0.603. The zero-order chi connectivity index (χ0) is 19.3. The van der Waals surface area contributed by atoms with E-state index in [9.17, 15) is 4.79 Å². The third-order valence-electron chi connectivity index (χ3n) is 5.62. The maximum absolute atomic E-state index is 12.5. The van der Waals surface area contributed by atoms with Crippen molar-refractivity contribution in [3.63, 3.8) is 0 Å². The summed E-state index contributed by atoms with van der Waals surface area (Å²) in [6.07, 6.45) is 2.50. The highest BCUT2D eigenvalue weighted by Gasteiger charge is 2.18. The molecular weight excluding hydrogens is 352 g/mol. The first-order valence-corrected chi connectivity index (χ1v) is 10.2. The molecule has 0 saturated carbocycles. The summed E-state index contributed by atoms with van der Waals surface area (Å²) >= 11 is 0. The van der Waals surface area contributed by atoms with E-state index in [2.05, 4.69) is 49.3 Å². The highest BCUT2D eigenvalue weighted by molar-refractivity contribution is 6.02. The molecule has 2 fully saturated rings. The standard InChI is InChI=1S/C21H28N6O/c1-2-25-13-15-27(16-14-25)20-10-9-19(23-24-20)21(28)22-17-5-7-18(8-6-17)26-11-3-4-12-26/h5-10H,2-4,11-16H2,1H3,(H,22,28). The van der Waals surface area contributed by atoms with Gasteiger partial charge in [-0.25, -0.2) is 0 Å². The maximum Gasteiger partial charge on any atom is 0.276 e. The van der Waals surface area contributed by atoms with Gasteiger partial charge in [0.15, 0.2) is 11.5 Å².